The van der Waals surface area contributed by atoms with Gasteiger partial charge in [0.2, 0.25) is 0 Å². The monoisotopic (exact) mass is 244 g/mol. The van der Waals surface area contributed by atoms with Crippen molar-refractivity contribution in [3.8, 4) is 0 Å². The Balaban J connectivity index is 2.28. The van der Waals surface area contributed by atoms with Crippen molar-refractivity contribution in [3.63, 3.8) is 0 Å². The first-order valence-corrected chi connectivity index (χ1v) is 6.26. The molecule has 1 aromatic heterocycles. The molecular formula is C9H12N2O4S. The van der Waals surface area contributed by atoms with Crippen LogP contribution in [0.25, 0.3) is 0 Å². The molecule has 0 aromatic carbocycles. The van der Waals surface area contributed by atoms with Gasteiger partial charge >= 0.3 is 0 Å². The molecule has 2 rings (SSSR count). The minimum absolute atomic E-state index is 0.184. The summed E-state index contributed by atoms with van der Waals surface area (Å²) in [4.78, 5) is 5.58. The molecule has 1 aliphatic heterocycles. The molecule has 16 heavy (non-hydrogen) atoms. The zero-order valence-electron chi connectivity index (χ0n) is 8.54. The predicted molar refractivity (Wildman–Crippen MR) is 57.1 cm³/mol. The average Bonchev–Trinajstić information content (AvgIpc) is 2.29. The second-order valence-electron chi connectivity index (χ2n) is 3.45. The number of hydrogen-bond donors (Lipinski definition) is 1. The highest BCUT2D eigenvalue weighted by Crippen LogP contribution is 2.18. The van der Waals surface area contributed by atoms with Crippen LogP contribution >= 0.6 is 0 Å². The largest absolute Gasteiger partial charge is 0.378 e. The summed E-state index contributed by atoms with van der Waals surface area (Å²) in [6.45, 7) is 2.60. The topological polar surface area (TPSA) is 79.7 Å². The van der Waals surface area contributed by atoms with Crippen LogP contribution in [0.1, 0.15) is 0 Å². The maximum Gasteiger partial charge on any atom is 0.296 e. The van der Waals surface area contributed by atoms with Crippen molar-refractivity contribution in [2.75, 3.05) is 31.2 Å². The lowest BCUT2D eigenvalue weighted by Crippen LogP contribution is -2.36. The number of nitrogens with zero attached hydrogens (tertiary/aromatic N) is 2. The summed E-state index contributed by atoms with van der Waals surface area (Å²) in [5, 5.41) is 0. The summed E-state index contributed by atoms with van der Waals surface area (Å²) in [5.41, 5.74) is 0.679. The van der Waals surface area contributed by atoms with E-state index in [0.29, 0.717) is 32.0 Å². The molecule has 0 spiro atoms. The molecule has 1 aliphatic rings. The molecule has 0 unspecified atom stereocenters. The van der Waals surface area contributed by atoms with Gasteiger partial charge < -0.3 is 9.64 Å². The van der Waals surface area contributed by atoms with Crippen LogP contribution in [0.15, 0.2) is 23.4 Å². The molecule has 0 radical (unpaired) electrons. The third kappa shape index (κ3) is 2.49. The Morgan fingerprint density at radius 3 is 2.62 bits per heavy atom. The summed E-state index contributed by atoms with van der Waals surface area (Å²) < 4.78 is 36.0. The van der Waals surface area contributed by atoms with Gasteiger partial charge in [-0.1, -0.05) is 0 Å². The van der Waals surface area contributed by atoms with E-state index in [1.807, 2.05) is 4.90 Å². The highest BCUT2D eigenvalue weighted by atomic mass is 32.2. The van der Waals surface area contributed by atoms with Crippen molar-refractivity contribution in [1.29, 1.82) is 0 Å². The lowest BCUT2D eigenvalue weighted by molar-refractivity contribution is 0.122. The van der Waals surface area contributed by atoms with Gasteiger partial charge in [-0.2, -0.15) is 8.42 Å². The molecule has 7 heteroatoms. The van der Waals surface area contributed by atoms with Gasteiger partial charge in [-0.3, -0.25) is 9.54 Å². The minimum Gasteiger partial charge on any atom is -0.378 e. The van der Waals surface area contributed by atoms with Gasteiger partial charge in [0.15, 0.2) is 0 Å². The zero-order valence-corrected chi connectivity index (χ0v) is 9.35. The van der Waals surface area contributed by atoms with E-state index in [9.17, 15) is 8.42 Å². The lowest BCUT2D eigenvalue weighted by atomic mass is 10.3. The van der Waals surface area contributed by atoms with Crippen LogP contribution in [0, 0.1) is 0 Å². The van der Waals surface area contributed by atoms with Crippen LogP contribution < -0.4 is 4.90 Å². The first-order chi connectivity index (χ1) is 7.57. The Labute approximate surface area is 93.6 Å². The highest BCUT2D eigenvalue weighted by molar-refractivity contribution is 7.85. The Kier molecular flexibility index (Phi) is 3.08. The number of hydrogen-bond acceptors (Lipinski definition) is 5. The fourth-order valence-corrected chi connectivity index (χ4v) is 2.01. The van der Waals surface area contributed by atoms with E-state index in [1.165, 1.54) is 6.07 Å². The first-order valence-electron chi connectivity index (χ1n) is 4.82. The fraction of sp³-hybridized carbons (Fsp3) is 0.444. The minimum atomic E-state index is -4.18. The van der Waals surface area contributed by atoms with Crippen LogP contribution in [0.3, 0.4) is 0 Å². The van der Waals surface area contributed by atoms with E-state index in [1.54, 1.807) is 6.20 Å². The Morgan fingerprint density at radius 2 is 2.00 bits per heavy atom. The summed E-state index contributed by atoms with van der Waals surface area (Å²) >= 11 is 0. The Hall–Kier alpha value is -1.18. The Bertz CT molecular complexity index is 468. The highest BCUT2D eigenvalue weighted by Gasteiger charge is 2.15. The standard InChI is InChI=1S/C9H12N2O4S/c12-16(13,14)9-5-8(6-10-7-9)11-1-3-15-4-2-11/h5-7H,1-4H2,(H,12,13,14). The fourth-order valence-electron chi connectivity index (χ4n) is 1.54. The molecule has 1 aromatic rings. The van der Waals surface area contributed by atoms with Gasteiger partial charge in [-0.15, -0.1) is 0 Å². The van der Waals surface area contributed by atoms with E-state index in [4.69, 9.17) is 9.29 Å². The quantitative estimate of drug-likeness (QED) is 0.747. The molecule has 2 heterocycles. The molecule has 6 nitrogen and oxygen atoms in total. The van der Waals surface area contributed by atoms with Crippen molar-refractivity contribution < 1.29 is 17.7 Å². The molecule has 0 bridgehead atoms. The molecule has 1 saturated heterocycles. The Morgan fingerprint density at radius 1 is 1.31 bits per heavy atom. The van der Waals surface area contributed by atoms with Gasteiger partial charge in [0.05, 0.1) is 25.1 Å². The maximum atomic E-state index is 10.9. The molecular weight excluding hydrogens is 232 g/mol. The number of rotatable bonds is 2. The maximum absolute atomic E-state index is 10.9. The number of pyridine rings is 1. The smallest absolute Gasteiger partial charge is 0.296 e. The van der Waals surface area contributed by atoms with Crippen LogP contribution in [0.5, 0.6) is 0 Å². The summed E-state index contributed by atoms with van der Waals surface area (Å²) in [7, 11) is -4.18. The predicted octanol–water partition coefficient (Wildman–Crippen LogP) is 0.165. The normalized spacial score (nSPS) is 17.4. The molecule has 0 atom stereocenters. The van der Waals surface area contributed by atoms with Crippen molar-refractivity contribution in [2.45, 2.75) is 4.90 Å². The van der Waals surface area contributed by atoms with Gasteiger partial charge in [0.25, 0.3) is 10.1 Å². The summed E-state index contributed by atoms with van der Waals surface area (Å²) in [6, 6.07) is 1.41. The second-order valence-corrected chi connectivity index (χ2v) is 4.87. The van der Waals surface area contributed by atoms with E-state index >= 15 is 0 Å². The molecule has 1 fully saturated rings. The summed E-state index contributed by atoms with van der Waals surface area (Å²) in [6.07, 6.45) is 2.69. The van der Waals surface area contributed by atoms with Crippen molar-refractivity contribution in [3.05, 3.63) is 18.5 Å². The number of ether oxygens (including phenoxy) is 1. The molecule has 0 saturated carbocycles. The molecule has 88 valence electrons. The summed E-state index contributed by atoms with van der Waals surface area (Å²) in [5.74, 6) is 0. The van der Waals surface area contributed by atoms with Crippen molar-refractivity contribution in [2.24, 2.45) is 0 Å². The van der Waals surface area contributed by atoms with E-state index in [-0.39, 0.29) is 4.90 Å². The van der Waals surface area contributed by atoms with Crippen molar-refractivity contribution in [1.82, 2.24) is 4.98 Å². The number of morpholine rings is 1. The second kappa shape index (κ2) is 4.36. The first kappa shape index (κ1) is 11.3. The van der Waals surface area contributed by atoms with Crippen molar-refractivity contribution >= 4 is 15.8 Å². The molecule has 0 aliphatic carbocycles. The van der Waals surface area contributed by atoms with Gasteiger partial charge in [-0.05, 0) is 6.07 Å². The third-order valence-corrected chi connectivity index (χ3v) is 3.19. The SMILES string of the molecule is O=S(=O)(O)c1cncc(N2CCOCC2)c1. The van der Waals surface area contributed by atoms with E-state index < -0.39 is 10.1 Å². The van der Waals surface area contributed by atoms with Gasteiger partial charge in [-0.25, -0.2) is 0 Å². The van der Waals surface area contributed by atoms with Gasteiger partial charge in [0, 0.05) is 19.3 Å². The van der Waals surface area contributed by atoms with E-state index in [0.717, 1.165) is 6.20 Å². The van der Waals surface area contributed by atoms with Gasteiger partial charge in [0.1, 0.15) is 4.90 Å². The molecule has 1 N–H and O–H groups in total. The number of anilines is 1. The molecule has 0 amide bonds. The zero-order chi connectivity index (χ0) is 11.6. The van der Waals surface area contributed by atoms with Crippen LogP contribution in [0.4, 0.5) is 5.69 Å². The van der Waals surface area contributed by atoms with Crippen LogP contribution in [0.2, 0.25) is 0 Å². The number of aromatic nitrogens is 1. The van der Waals surface area contributed by atoms with Crippen LogP contribution in [-0.2, 0) is 14.9 Å². The third-order valence-electron chi connectivity index (χ3n) is 2.37. The lowest BCUT2D eigenvalue weighted by Gasteiger charge is -2.28. The van der Waals surface area contributed by atoms with Crippen LogP contribution in [-0.4, -0.2) is 44.3 Å². The van der Waals surface area contributed by atoms with E-state index in [2.05, 4.69) is 4.98 Å². The average molecular weight is 244 g/mol.